The van der Waals surface area contributed by atoms with Crippen LogP contribution in [0.3, 0.4) is 0 Å². The Balaban J connectivity index is 1.42. The van der Waals surface area contributed by atoms with Gasteiger partial charge in [-0.05, 0) is 31.2 Å². The van der Waals surface area contributed by atoms with E-state index in [1.807, 2.05) is 29.2 Å². The molecule has 3 aliphatic rings. The molecule has 3 aliphatic heterocycles. The van der Waals surface area contributed by atoms with Gasteiger partial charge in [0.2, 0.25) is 11.8 Å². The Bertz CT molecular complexity index is 667. The minimum Gasteiger partial charge on any atom is -0.342 e. The summed E-state index contributed by atoms with van der Waals surface area (Å²) >= 11 is 0. The molecule has 0 saturated carbocycles. The van der Waals surface area contributed by atoms with Crippen LogP contribution in [0.2, 0.25) is 0 Å². The third kappa shape index (κ3) is 3.37. The van der Waals surface area contributed by atoms with Crippen molar-refractivity contribution in [3.05, 3.63) is 18.0 Å². The molecule has 0 aromatic carbocycles. The minimum absolute atomic E-state index is 0.0167. The van der Waals surface area contributed by atoms with Crippen molar-refractivity contribution >= 4 is 11.8 Å². The molecule has 0 radical (unpaired) electrons. The monoisotopic (exact) mass is 359 g/mol. The number of likely N-dealkylation sites (tertiary alicyclic amines) is 2. The summed E-state index contributed by atoms with van der Waals surface area (Å²) in [5, 5.41) is 7.63. The third-order valence-electron chi connectivity index (χ3n) is 6.18. The lowest BCUT2D eigenvalue weighted by Crippen LogP contribution is -2.48. The van der Waals surface area contributed by atoms with Crippen molar-refractivity contribution in [2.75, 3.05) is 39.3 Å². The van der Waals surface area contributed by atoms with Crippen molar-refractivity contribution in [3.63, 3.8) is 0 Å². The van der Waals surface area contributed by atoms with E-state index in [4.69, 9.17) is 0 Å². The average molecular weight is 359 g/mol. The molecule has 0 aliphatic carbocycles. The maximum atomic E-state index is 13.2. The lowest BCUT2D eigenvalue weighted by molar-refractivity contribution is -0.142. The molecule has 7 heteroatoms. The first kappa shape index (κ1) is 17.5. The summed E-state index contributed by atoms with van der Waals surface area (Å²) in [4.78, 5) is 29.9. The largest absolute Gasteiger partial charge is 0.342 e. The highest BCUT2D eigenvalue weighted by Crippen LogP contribution is 2.31. The third-order valence-corrected chi connectivity index (χ3v) is 6.18. The van der Waals surface area contributed by atoms with Crippen LogP contribution in [0.5, 0.6) is 0 Å². The average Bonchev–Trinajstić information content (AvgIpc) is 3.41. The number of carbonyl (C=O) groups excluding carboxylic acids is 2. The van der Waals surface area contributed by atoms with E-state index in [2.05, 4.69) is 10.4 Å². The number of nitrogens with one attached hydrogen (secondary N) is 1. The molecule has 7 nitrogen and oxygen atoms in total. The van der Waals surface area contributed by atoms with Crippen molar-refractivity contribution in [2.24, 2.45) is 18.9 Å². The fourth-order valence-electron chi connectivity index (χ4n) is 4.73. The number of amides is 2. The van der Waals surface area contributed by atoms with Crippen LogP contribution in [0.25, 0.3) is 0 Å². The molecule has 2 amide bonds. The standard InChI is InChI=1S/C19H29N5O2/c1-22-12-15(9-21-22)16-10-20-11-17(16)19(26)24-8-4-5-14(13-24)18(25)23-6-2-3-7-23/h9,12,14,16-17,20H,2-8,10-11,13H2,1H3/t14?,16-,17+/m1/s1. The Hall–Kier alpha value is -1.89. The molecule has 3 saturated heterocycles. The zero-order valence-corrected chi connectivity index (χ0v) is 15.6. The van der Waals surface area contributed by atoms with Gasteiger partial charge in [-0.3, -0.25) is 14.3 Å². The van der Waals surface area contributed by atoms with E-state index < -0.39 is 0 Å². The molecule has 3 atom stereocenters. The van der Waals surface area contributed by atoms with Gasteiger partial charge in [-0.25, -0.2) is 0 Å². The summed E-state index contributed by atoms with van der Waals surface area (Å²) < 4.78 is 1.79. The number of rotatable bonds is 3. The molecule has 142 valence electrons. The first-order valence-electron chi connectivity index (χ1n) is 9.90. The van der Waals surface area contributed by atoms with E-state index in [1.54, 1.807) is 4.68 Å². The molecule has 1 unspecified atom stereocenters. The van der Waals surface area contributed by atoms with Crippen molar-refractivity contribution in [3.8, 4) is 0 Å². The quantitative estimate of drug-likeness (QED) is 0.857. The second-order valence-electron chi connectivity index (χ2n) is 7.97. The summed E-state index contributed by atoms with van der Waals surface area (Å²) in [6.07, 6.45) is 7.94. The van der Waals surface area contributed by atoms with Crippen molar-refractivity contribution < 1.29 is 9.59 Å². The fourth-order valence-corrected chi connectivity index (χ4v) is 4.73. The van der Waals surface area contributed by atoms with Gasteiger partial charge in [-0.1, -0.05) is 0 Å². The summed E-state index contributed by atoms with van der Waals surface area (Å²) in [5.41, 5.74) is 1.12. The van der Waals surface area contributed by atoms with Crippen LogP contribution in [-0.4, -0.2) is 70.7 Å². The van der Waals surface area contributed by atoms with Crippen LogP contribution in [0.15, 0.2) is 12.4 Å². The Morgan fingerprint density at radius 1 is 1.08 bits per heavy atom. The number of piperidine rings is 1. The summed E-state index contributed by atoms with van der Waals surface area (Å²) in [6, 6.07) is 0. The predicted octanol–water partition coefficient (Wildman–Crippen LogP) is 0.584. The SMILES string of the molecule is Cn1cc([C@H]2CNC[C@@H]2C(=O)N2CCCC(C(=O)N3CCCC3)C2)cn1. The zero-order valence-electron chi connectivity index (χ0n) is 15.6. The van der Waals surface area contributed by atoms with Gasteiger partial charge < -0.3 is 15.1 Å². The highest BCUT2D eigenvalue weighted by atomic mass is 16.2. The molecule has 1 aromatic rings. The number of carbonyl (C=O) groups is 2. The number of hydrogen-bond donors (Lipinski definition) is 1. The molecular formula is C19H29N5O2. The Labute approximate surface area is 154 Å². The summed E-state index contributed by atoms with van der Waals surface area (Å²) in [7, 11) is 1.90. The Morgan fingerprint density at radius 2 is 1.85 bits per heavy atom. The molecule has 26 heavy (non-hydrogen) atoms. The number of hydrogen-bond acceptors (Lipinski definition) is 4. The molecular weight excluding hydrogens is 330 g/mol. The fraction of sp³-hybridized carbons (Fsp3) is 0.737. The van der Waals surface area contributed by atoms with Gasteiger partial charge in [0.05, 0.1) is 18.0 Å². The first-order chi connectivity index (χ1) is 12.6. The maximum absolute atomic E-state index is 13.2. The summed E-state index contributed by atoms with van der Waals surface area (Å²) in [6.45, 7) is 4.66. The van der Waals surface area contributed by atoms with E-state index in [0.29, 0.717) is 13.1 Å². The van der Waals surface area contributed by atoms with Crippen molar-refractivity contribution in [2.45, 2.75) is 31.6 Å². The van der Waals surface area contributed by atoms with Crippen LogP contribution < -0.4 is 5.32 Å². The normalized spacial score (nSPS) is 29.3. The lowest BCUT2D eigenvalue weighted by Gasteiger charge is -2.36. The van der Waals surface area contributed by atoms with E-state index in [1.165, 1.54) is 0 Å². The molecule has 0 bridgehead atoms. The Kier molecular flexibility index (Phi) is 4.98. The van der Waals surface area contributed by atoms with Crippen LogP contribution >= 0.6 is 0 Å². The van der Waals surface area contributed by atoms with E-state index in [0.717, 1.165) is 57.4 Å². The van der Waals surface area contributed by atoms with Gasteiger partial charge >= 0.3 is 0 Å². The van der Waals surface area contributed by atoms with Crippen LogP contribution in [-0.2, 0) is 16.6 Å². The van der Waals surface area contributed by atoms with E-state index >= 15 is 0 Å². The zero-order chi connectivity index (χ0) is 18.1. The molecule has 4 heterocycles. The van der Waals surface area contributed by atoms with Crippen LogP contribution in [0, 0.1) is 11.8 Å². The lowest BCUT2D eigenvalue weighted by atomic mass is 9.88. The van der Waals surface area contributed by atoms with E-state index in [9.17, 15) is 9.59 Å². The van der Waals surface area contributed by atoms with Crippen LogP contribution in [0.4, 0.5) is 0 Å². The molecule has 0 spiro atoms. The molecule has 1 aromatic heterocycles. The minimum atomic E-state index is -0.0557. The van der Waals surface area contributed by atoms with Crippen LogP contribution in [0.1, 0.15) is 37.2 Å². The molecule has 4 rings (SSSR count). The number of nitrogens with zero attached hydrogens (tertiary/aromatic N) is 4. The van der Waals surface area contributed by atoms with E-state index in [-0.39, 0.29) is 29.6 Å². The smallest absolute Gasteiger partial charge is 0.227 e. The highest BCUT2D eigenvalue weighted by molar-refractivity contribution is 5.83. The van der Waals surface area contributed by atoms with Gasteiger partial charge in [-0.2, -0.15) is 5.10 Å². The van der Waals surface area contributed by atoms with Gasteiger partial charge in [0.25, 0.3) is 0 Å². The molecule has 3 fully saturated rings. The summed E-state index contributed by atoms with van der Waals surface area (Å²) in [5.74, 6) is 0.554. The van der Waals surface area contributed by atoms with Gasteiger partial charge in [0, 0.05) is 58.4 Å². The van der Waals surface area contributed by atoms with Crippen molar-refractivity contribution in [1.82, 2.24) is 24.9 Å². The molecule has 1 N–H and O–H groups in total. The Morgan fingerprint density at radius 3 is 2.58 bits per heavy atom. The first-order valence-corrected chi connectivity index (χ1v) is 9.90. The number of aromatic nitrogens is 2. The van der Waals surface area contributed by atoms with Gasteiger partial charge in [-0.15, -0.1) is 0 Å². The highest BCUT2D eigenvalue weighted by Gasteiger charge is 2.39. The second-order valence-corrected chi connectivity index (χ2v) is 7.97. The van der Waals surface area contributed by atoms with Crippen molar-refractivity contribution in [1.29, 1.82) is 0 Å². The van der Waals surface area contributed by atoms with Gasteiger partial charge in [0.1, 0.15) is 0 Å². The van der Waals surface area contributed by atoms with Gasteiger partial charge in [0.15, 0.2) is 0 Å². The second kappa shape index (κ2) is 7.39. The maximum Gasteiger partial charge on any atom is 0.227 e. The predicted molar refractivity (Wildman–Crippen MR) is 97.4 cm³/mol. The topological polar surface area (TPSA) is 70.5 Å². The number of aryl methyl sites for hydroxylation is 1.